The Labute approximate surface area is 104 Å². The first-order chi connectivity index (χ1) is 8.17. The average molecular weight is 242 g/mol. The molecule has 1 aliphatic carbocycles. The maximum absolute atomic E-state index is 11.9. The zero-order valence-corrected chi connectivity index (χ0v) is 10.9. The molecule has 0 bridgehead atoms. The van der Waals surface area contributed by atoms with Gasteiger partial charge in [0.05, 0.1) is 12.5 Å². The summed E-state index contributed by atoms with van der Waals surface area (Å²) in [5.41, 5.74) is 5.53. The van der Waals surface area contributed by atoms with Crippen LogP contribution in [0.3, 0.4) is 0 Å². The molecule has 0 aromatic heterocycles. The van der Waals surface area contributed by atoms with Gasteiger partial charge in [-0.25, -0.2) is 0 Å². The summed E-state index contributed by atoms with van der Waals surface area (Å²) in [6.45, 7) is 3.24. The zero-order valence-electron chi connectivity index (χ0n) is 10.9. The molecule has 0 heterocycles. The van der Waals surface area contributed by atoms with Crippen LogP contribution >= 0.6 is 0 Å². The van der Waals surface area contributed by atoms with Crippen LogP contribution < -0.4 is 11.1 Å². The van der Waals surface area contributed by atoms with Gasteiger partial charge in [-0.05, 0) is 19.3 Å². The molecule has 1 fully saturated rings. The highest BCUT2D eigenvalue weighted by molar-refractivity contribution is 5.78. The van der Waals surface area contributed by atoms with Crippen molar-refractivity contribution in [1.82, 2.24) is 5.32 Å². The smallest absolute Gasteiger partial charge is 0.224 e. The van der Waals surface area contributed by atoms with Gasteiger partial charge in [-0.3, -0.25) is 4.79 Å². The minimum absolute atomic E-state index is 0.0501. The van der Waals surface area contributed by atoms with E-state index in [1.54, 1.807) is 0 Å². The lowest BCUT2D eigenvalue weighted by Gasteiger charge is -2.27. The topological polar surface area (TPSA) is 75.4 Å². The molecule has 17 heavy (non-hydrogen) atoms. The largest absolute Gasteiger partial charge is 0.396 e. The third kappa shape index (κ3) is 3.96. The fraction of sp³-hybridized carbons (Fsp3) is 0.923. The number of hydrogen-bond acceptors (Lipinski definition) is 3. The molecule has 0 aliphatic heterocycles. The average Bonchev–Trinajstić information content (AvgIpc) is 2.82. The van der Waals surface area contributed by atoms with Gasteiger partial charge < -0.3 is 16.2 Å². The molecule has 1 rings (SSSR count). The molecule has 100 valence electrons. The highest BCUT2D eigenvalue weighted by Gasteiger charge is 2.33. The number of nitrogens with one attached hydrogen (secondary N) is 1. The number of carbonyl (C=O) groups is 1. The normalized spacial score (nSPS) is 20.2. The molecular formula is C13H26N2O2. The van der Waals surface area contributed by atoms with Gasteiger partial charge in [0.15, 0.2) is 0 Å². The Morgan fingerprint density at radius 2 is 2.12 bits per heavy atom. The fourth-order valence-corrected chi connectivity index (χ4v) is 2.64. The number of nitrogens with two attached hydrogens (primary N) is 1. The highest BCUT2D eigenvalue weighted by Crippen LogP contribution is 2.36. The molecule has 0 aromatic carbocycles. The Morgan fingerprint density at radius 3 is 2.59 bits per heavy atom. The van der Waals surface area contributed by atoms with Crippen molar-refractivity contribution in [2.45, 2.75) is 45.4 Å². The molecule has 1 unspecified atom stereocenters. The predicted molar refractivity (Wildman–Crippen MR) is 68.4 cm³/mol. The van der Waals surface area contributed by atoms with E-state index in [1.807, 2.05) is 0 Å². The molecule has 1 amide bonds. The maximum Gasteiger partial charge on any atom is 0.224 e. The van der Waals surface area contributed by atoms with E-state index < -0.39 is 0 Å². The third-order valence-electron chi connectivity index (χ3n) is 3.93. The molecule has 1 saturated carbocycles. The summed E-state index contributed by atoms with van der Waals surface area (Å²) in [5.74, 6) is -0.0220. The fourth-order valence-electron chi connectivity index (χ4n) is 2.64. The Balaban J connectivity index is 2.40. The second-order valence-electron chi connectivity index (χ2n) is 5.30. The van der Waals surface area contributed by atoms with Gasteiger partial charge in [0.1, 0.15) is 0 Å². The molecule has 1 atom stereocenters. The van der Waals surface area contributed by atoms with Crippen LogP contribution in [-0.4, -0.2) is 30.7 Å². The minimum Gasteiger partial charge on any atom is -0.396 e. The Bertz CT molecular complexity index is 238. The van der Waals surface area contributed by atoms with E-state index in [4.69, 9.17) is 5.73 Å². The van der Waals surface area contributed by atoms with Crippen molar-refractivity contribution in [1.29, 1.82) is 0 Å². The number of rotatable bonds is 7. The lowest BCUT2D eigenvalue weighted by atomic mass is 9.87. The summed E-state index contributed by atoms with van der Waals surface area (Å²) >= 11 is 0. The summed E-state index contributed by atoms with van der Waals surface area (Å²) in [6, 6.07) is 0. The van der Waals surface area contributed by atoms with Gasteiger partial charge in [0.25, 0.3) is 0 Å². The second kappa shape index (κ2) is 6.97. The lowest BCUT2D eigenvalue weighted by molar-refractivity contribution is -0.125. The van der Waals surface area contributed by atoms with Crippen LogP contribution in [0.2, 0.25) is 0 Å². The molecule has 1 aliphatic rings. The molecule has 0 aromatic rings. The minimum atomic E-state index is -0.0721. The van der Waals surface area contributed by atoms with Gasteiger partial charge in [0, 0.05) is 18.5 Å². The van der Waals surface area contributed by atoms with Gasteiger partial charge in [-0.15, -0.1) is 0 Å². The van der Waals surface area contributed by atoms with Crippen molar-refractivity contribution in [3.8, 4) is 0 Å². The van der Waals surface area contributed by atoms with E-state index in [1.165, 1.54) is 0 Å². The first-order valence-electron chi connectivity index (χ1n) is 6.76. The molecular weight excluding hydrogens is 216 g/mol. The van der Waals surface area contributed by atoms with Crippen LogP contribution in [0.1, 0.15) is 45.4 Å². The molecule has 4 N–H and O–H groups in total. The van der Waals surface area contributed by atoms with Crippen LogP contribution in [0.4, 0.5) is 0 Å². The van der Waals surface area contributed by atoms with E-state index in [9.17, 15) is 9.90 Å². The summed E-state index contributed by atoms with van der Waals surface area (Å²) in [5, 5.41) is 12.4. The quantitative estimate of drug-likeness (QED) is 0.624. The van der Waals surface area contributed by atoms with E-state index in [-0.39, 0.29) is 23.8 Å². The molecule has 0 saturated heterocycles. The summed E-state index contributed by atoms with van der Waals surface area (Å²) in [7, 11) is 0. The van der Waals surface area contributed by atoms with Crippen LogP contribution in [0.25, 0.3) is 0 Å². The van der Waals surface area contributed by atoms with Crippen molar-refractivity contribution in [3.05, 3.63) is 0 Å². The van der Waals surface area contributed by atoms with E-state index in [0.29, 0.717) is 13.1 Å². The van der Waals surface area contributed by atoms with Gasteiger partial charge in [0.2, 0.25) is 5.91 Å². The van der Waals surface area contributed by atoms with Crippen molar-refractivity contribution in [3.63, 3.8) is 0 Å². The lowest BCUT2D eigenvalue weighted by Crippen LogP contribution is -2.42. The van der Waals surface area contributed by atoms with Crippen molar-refractivity contribution in [2.24, 2.45) is 17.1 Å². The van der Waals surface area contributed by atoms with Gasteiger partial charge in [-0.2, -0.15) is 0 Å². The van der Waals surface area contributed by atoms with Crippen LogP contribution in [-0.2, 0) is 4.79 Å². The molecule has 0 radical (unpaired) electrons. The van der Waals surface area contributed by atoms with Crippen molar-refractivity contribution < 1.29 is 9.90 Å². The zero-order chi connectivity index (χ0) is 12.7. The predicted octanol–water partition coefficient (Wildman–Crippen LogP) is 1.03. The Morgan fingerprint density at radius 1 is 1.47 bits per heavy atom. The highest BCUT2D eigenvalue weighted by atomic mass is 16.3. The van der Waals surface area contributed by atoms with Gasteiger partial charge in [-0.1, -0.05) is 26.2 Å². The number of carbonyl (C=O) groups excluding carboxylic acids is 1. The summed E-state index contributed by atoms with van der Waals surface area (Å²) in [4.78, 5) is 11.9. The monoisotopic (exact) mass is 242 g/mol. The van der Waals surface area contributed by atoms with E-state index >= 15 is 0 Å². The first kappa shape index (κ1) is 14.5. The number of amides is 1. The standard InChI is InChI=1S/C13H26N2O2/c1-2-5-11(8-14)12(17)15-9-13(10-16)6-3-4-7-13/h11,16H,2-10,14H2,1H3,(H,15,17). The Kier molecular flexibility index (Phi) is 5.92. The molecule has 0 spiro atoms. The third-order valence-corrected chi connectivity index (χ3v) is 3.93. The molecule has 4 heteroatoms. The van der Waals surface area contributed by atoms with Crippen molar-refractivity contribution >= 4 is 5.91 Å². The van der Waals surface area contributed by atoms with E-state index in [0.717, 1.165) is 38.5 Å². The van der Waals surface area contributed by atoms with Crippen LogP contribution in [0.15, 0.2) is 0 Å². The second-order valence-corrected chi connectivity index (χ2v) is 5.30. The summed E-state index contributed by atoms with van der Waals surface area (Å²) < 4.78 is 0. The molecule has 4 nitrogen and oxygen atoms in total. The van der Waals surface area contributed by atoms with Gasteiger partial charge >= 0.3 is 0 Å². The number of aliphatic hydroxyl groups is 1. The van der Waals surface area contributed by atoms with Crippen LogP contribution in [0, 0.1) is 11.3 Å². The number of aliphatic hydroxyl groups excluding tert-OH is 1. The van der Waals surface area contributed by atoms with E-state index in [2.05, 4.69) is 12.2 Å². The van der Waals surface area contributed by atoms with Crippen molar-refractivity contribution in [2.75, 3.05) is 19.7 Å². The maximum atomic E-state index is 11.9. The SMILES string of the molecule is CCCC(CN)C(=O)NCC1(CO)CCCC1. The van der Waals surface area contributed by atoms with Crippen LogP contribution in [0.5, 0.6) is 0 Å². The number of hydrogen-bond donors (Lipinski definition) is 3. The first-order valence-corrected chi connectivity index (χ1v) is 6.76. The summed E-state index contributed by atoms with van der Waals surface area (Å²) in [6.07, 6.45) is 6.17. The Hall–Kier alpha value is -0.610.